The lowest BCUT2D eigenvalue weighted by Crippen LogP contribution is -1.97. The molecule has 1 unspecified atom stereocenters. The van der Waals surface area contributed by atoms with Gasteiger partial charge in [0, 0.05) is 24.4 Å². The van der Waals surface area contributed by atoms with Crippen LogP contribution >= 0.6 is 15.9 Å². The third-order valence-corrected chi connectivity index (χ3v) is 3.26. The summed E-state index contributed by atoms with van der Waals surface area (Å²) < 4.78 is 18.7. The summed E-state index contributed by atoms with van der Waals surface area (Å²) in [6.45, 7) is 1.58. The third kappa shape index (κ3) is 3.53. The van der Waals surface area contributed by atoms with Crippen LogP contribution in [0.3, 0.4) is 0 Å². The Bertz CT molecular complexity index is 677. The van der Waals surface area contributed by atoms with E-state index in [-0.39, 0.29) is 21.8 Å². The monoisotopic (exact) mass is 356 g/mol. The van der Waals surface area contributed by atoms with E-state index in [1.807, 2.05) is 0 Å². The largest absolute Gasteiger partial charge is 0.432 e. The first kappa shape index (κ1) is 15.3. The Kier molecular flexibility index (Phi) is 4.49. The number of nitro groups is 1. The maximum atomic E-state index is 13.5. The fraction of sp³-hybridized carbons (Fsp3) is 0.154. The second-order valence-corrected chi connectivity index (χ2v) is 5.05. The summed E-state index contributed by atoms with van der Waals surface area (Å²) in [6.07, 6.45) is 0.687. The molecule has 0 amide bonds. The SMILES string of the molecule is CC(O)c1ccc(Oc2cc(F)c(Br)cc2[N+](=O)[O-])nc1. The molecule has 0 aliphatic rings. The molecule has 0 aliphatic heterocycles. The Labute approximate surface area is 127 Å². The number of aromatic nitrogens is 1. The molecule has 0 fully saturated rings. The van der Waals surface area contributed by atoms with E-state index in [0.717, 1.165) is 12.1 Å². The van der Waals surface area contributed by atoms with E-state index in [1.165, 1.54) is 12.3 Å². The summed E-state index contributed by atoms with van der Waals surface area (Å²) >= 11 is 2.88. The highest BCUT2D eigenvalue weighted by atomic mass is 79.9. The molecule has 0 aliphatic carbocycles. The number of rotatable bonds is 4. The molecule has 0 saturated heterocycles. The zero-order valence-electron chi connectivity index (χ0n) is 10.8. The van der Waals surface area contributed by atoms with Crippen molar-refractivity contribution in [2.24, 2.45) is 0 Å². The highest BCUT2D eigenvalue weighted by Gasteiger charge is 2.20. The van der Waals surface area contributed by atoms with Crippen LogP contribution < -0.4 is 4.74 Å². The molecule has 6 nitrogen and oxygen atoms in total. The fourth-order valence-electron chi connectivity index (χ4n) is 1.55. The number of ether oxygens (including phenoxy) is 1. The molecule has 1 heterocycles. The van der Waals surface area contributed by atoms with Gasteiger partial charge in [-0.05, 0) is 34.5 Å². The first-order chi connectivity index (χ1) is 9.88. The van der Waals surface area contributed by atoms with Crippen molar-refractivity contribution in [2.75, 3.05) is 0 Å². The number of hydrogen-bond acceptors (Lipinski definition) is 5. The van der Waals surface area contributed by atoms with Crippen molar-refractivity contribution in [2.45, 2.75) is 13.0 Å². The van der Waals surface area contributed by atoms with Crippen LogP contribution in [-0.4, -0.2) is 15.0 Å². The molecule has 0 spiro atoms. The third-order valence-electron chi connectivity index (χ3n) is 2.65. The van der Waals surface area contributed by atoms with Gasteiger partial charge in [-0.1, -0.05) is 0 Å². The first-order valence-corrected chi connectivity index (χ1v) is 6.63. The van der Waals surface area contributed by atoms with Crippen LogP contribution in [-0.2, 0) is 0 Å². The van der Waals surface area contributed by atoms with Crippen LogP contribution in [0.25, 0.3) is 0 Å². The quantitative estimate of drug-likeness (QED) is 0.666. The van der Waals surface area contributed by atoms with Gasteiger partial charge in [-0.15, -0.1) is 0 Å². The van der Waals surface area contributed by atoms with Crippen LogP contribution in [0.4, 0.5) is 10.1 Å². The second kappa shape index (κ2) is 6.15. The molecule has 110 valence electrons. The molecule has 1 aromatic heterocycles. The number of hydrogen-bond donors (Lipinski definition) is 1. The summed E-state index contributed by atoms with van der Waals surface area (Å²) in [4.78, 5) is 14.2. The zero-order chi connectivity index (χ0) is 15.6. The van der Waals surface area contributed by atoms with E-state index in [0.29, 0.717) is 5.56 Å². The van der Waals surface area contributed by atoms with Crippen molar-refractivity contribution in [3.8, 4) is 11.6 Å². The lowest BCUT2D eigenvalue weighted by atomic mass is 10.2. The van der Waals surface area contributed by atoms with Crippen LogP contribution in [0, 0.1) is 15.9 Å². The zero-order valence-corrected chi connectivity index (χ0v) is 12.4. The molecule has 2 rings (SSSR count). The van der Waals surface area contributed by atoms with Crippen LogP contribution in [0.2, 0.25) is 0 Å². The molecule has 0 bridgehead atoms. The van der Waals surface area contributed by atoms with Gasteiger partial charge in [0.15, 0.2) is 0 Å². The van der Waals surface area contributed by atoms with Crippen molar-refractivity contribution in [1.82, 2.24) is 4.98 Å². The van der Waals surface area contributed by atoms with E-state index >= 15 is 0 Å². The smallest absolute Gasteiger partial charge is 0.312 e. The Hall–Kier alpha value is -2.06. The number of benzene rings is 1. The van der Waals surface area contributed by atoms with Crippen molar-refractivity contribution < 1.29 is 19.2 Å². The molecule has 2 aromatic rings. The normalized spacial score (nSPS) is 12.0. The minimum Gasteiger partial charge on any atom is -0.432 e. The number of nitro benzene ring substituents is 1. The number of aliphatic hydroxyl groups is 1. The van der Waals surface area contributed by atoms with E-state index in [9.17, 15) is 19.6 Å². The van der Waals surface area contributed by atoms with Crippen molar-refractivity contribution in [3.05, 3.63) is 56.4 Å². The molecule has 8 heteroatoms. The van der Waals surface area contributed by atoms with Gasteiger partial charge in [-0.2, -0.15) is 0 Å². The minimum absolute atomic E-state index is 0.0287. The first-order valence-electron chi connectivity index (χ1n) is 5.84. The molecule has 0 radical (unpaired) electrons. The van der Waals surface area contributed by atoms with Gasteiger partial charge in [0.25, 0.3) is 0 Å². The molecular weight excluding hydrogens is 347 g/mol. The van der Waals surface area contributed by atoms with Crippen molar-refractivity contribution in [1.29, 1.82) is 0 Å². The van der Waals surface area contributed by atoms with Gasteiger partial charge in [0.05, 0.1) is 15.5 Å². The Morgan fingerprint density at radius 1 is 1.48 bits per heavy atom. The topological polar surface area (TPSA) is 85.5 Å². The second-order valence-electron chi connectivity index (χ2n) is 4.20. The predicted molar refractivity (Wildman–Crippen MR) is 75.7 cm³/mol. The van der Waals surface area contributed by atoms with Crippen LogP contribution in [0.5, 0.6) is 11.6 Å². The van der Waals surface area contributed by atoms with Gasteiger partial charge in [0.1, 0.15) is 5.82 Å². The molecule has 1 atom stereocenters. The molecule has 21 heavy (non-hydrogen) atoms. The number of nitrogens with zero attached hydrogens (tertiary/aromatic N) is 2. The van der Waals surface area contributed by atoms with Crippen LogP contribution in [0.15, 0.2) is 34.9 Å². The molecule has 0 saturated carbocycles. The van der Waals surface area contributed by atoms with Gasteiger partial charge in [0.2, 0.25) is 11.6 Å². The van der Waals surface area contributed by atoms with Crippen molar-refractivity contribution >= 4 is 21.6 Å². The average Bonchev–Trinajstić information content (AvgIpc) is 2.43. The number of aliphatic hydroxyl groups excluding tert-OH is 1. The van der Waals surface area contributed by atoms with E-state index in [2.05, 4.69) is 20.9 Å². The van der Waals surface area contributed by atoms with E-state index < -0.39 is 16.8 Å². The van der Waals surface area contributed by atoms with Crippen molar-refractivity contribution in [3.63, 3.8) is 0 Å². The van der Waals surface area contributed by atoms with Gasteiger partial charge in [-0.25, -0.2) is 9.37 Å². The lowest BCUT2D eigenvalue weighted by molar-refractivity contribution is -0.385. The highest BCUT2D eigenvalue weighted by molar-refractivity contribution is 9.10. The highest BCUT2D eigenvalue weighted by Crippen LogP contribution is 2.35. The minimum atomic E-state index is -0.689. The average molecular weight is 357 g/mol. The summed E-state index contributed by atoms with van der Waals surface area (Å²) in [5.41, 5.74) is 0.184. The van der Waals surface area contributed by atoms with Crippen LogP contribution in [0.1, 0.15) is 18.6 Å². The maximum absolute atomic E-state index is 13.5. The summed E-state index contributed by atoms with van der Waals surface area (Å²) in [7, 11) is 0. The van der Waals surface area contributed by atoms with E-state index in [4.69, 9.17) is 4.74 Å². The Morgan fingerprint density at radius 2 is 2.19 bits per heavy atom. The molecule has 1 aromatic carbocycles. The summed E-state index contributed by atoms with van der Waals surface area (Å²) in [5.74, 6) is -0.876. The Balaban J connectivity index is 2.34. The number of pyridine rings is 1. The predicted octanol–water partition coefficient (Wildman–Crippen LogP) is 3.74. The summed E-state index contributed by atoms with van der Waals surface area (Å²) in [6, 6.07) is 4.93. The van der Waals surface area contributed by atoms with Gasteiger partial charge in [-0.3, -0.25) is 10.1 Å². The van der Waals surface area contributed by atoms with Gasteiger partial charge >= 0.3 is 5.69 Å². The Morgan fingerprint density at radius 3 is 2.71 bits per heavy atom. The van der Waals surface area contributed by atoms with Gasteiger partial charge < -0.3 is 9.84 Å². The van der Waals surface area contributed by atoms with E-state index in [1.54, 1.807) is 13.0 Å². The summed E-state index contributed by atoms with van der Waals surface area (Å²) in [5, 5.41) is 20.3. The fourth-order valence-corrected chi connectivity index (χ4v) is 1.89. The standard InChI is InChI=1S/C13H10BrFN2O4/c1-7(18)8-2-3-13(16-6-8)21-12-5-10(15)9(14)4-11(12)17(19)20/h2-7,18H,1H3. The number of halogens is 2. The lowest BCUT2D eigenvalue weighted by Gasteiger charge is -2.08. The maximum Gasteiger partial charge on any atom is 0.312 e. The molecule has 1 N–H and O–H groups in total. The molecular formula is C13H10BrFN2O4.